The molecule has 40 heavy (non-hydrogen) atoms. The van der Waals surface area contributed by atoms with Crippen LogP contribution in [-0.2, 0) is 30.8 Å². The Hall–Kier alpha value is -4.47. The van der Waals surface area contributed by atoms with Crippen molar-refractivity contribution in [3.05, 3.63) is 53.9 Å². The number of hydrogen-bond donors (Lipinski definition) is 3. The van der Waals surface area contributed by atoms with Crippen LogP contribution in [0.4, 0.5) is 24.5 Å². The van der Waals surface area contributed by atoms with Crippen molar-refractivity contribution in [3.63, 3.8) is 0 Å². The minimum Gasteiger partial charge on any atom is -0.336 e. The van der Waals surface area contributed by atoms with Gasteiger partial charge in [0.25, 0.3) is 0 Å². The number of aromatic nitrogens is 1. The number of rotatable bonds is 4. The highest BCUT2D eigenvalue weighted by Crippen LogP contribution is 2.46. The lowest BCUT2D eigenvalue weighted by molar-refractivity contribution is -0.141. The third kappa shape index (κ3) is 5.47. The van der Waals surface area contributed by atoms with Gasteiger partial charge in [0.2, 0.25) is 11.8 Å². The highest BCUT2D eigenvalue weighted by atomic mass is 19.4. The summed E-state index contributed by atoms with van der Waals surface area (Å²) in [4.78, 5) is 56.7. The number of fused-ring (bicyclic) bond motifs is 2. The molecule has 13 heteroatoms. The Balaban J connectivity index is 1.57. The summed E-state index contributed by atoms with van der Waals surface area (Å²) in [6.07, 6.45) is -3.91. The Kier molecular flexibility index (Phi) is 7.32. The summed E-state index contributed by atoms with van der Waals surface area (Å²) in [5.74, 6) is -3.80. The number of halogens is 3. The van der Waals surface area contributed by atoms with Gasteiger partial charge >= 0.3 is 18.0 Å². The van der Waals surface area contributed by atoms with Gasteiger partial charge in [-0.25, -0.2) is 4.98 Å². The number of nitrogens with zero attached hydrogens (tertiary/aromatic N) is 3. The number of nitrogens with one attached hydrogen (secondary N) is 3. The number of hydrogen-bond acceptors (Lipinski definition) is 6. The van der Waals surface area contributed by atoms with Crippen LogP contribution in [0, 0.1) is 16.7 Å². The fraction of sp³-hybridized carbons (Fsp3) is 0.407. The van der Waals surface area contributed by atoms with Gasteiger partial charge in [-0.3, -0.25) is 19.2 Å². The maximum absolute atomic E-state index is 13.8. The lowest BCUT2D eigenvalue weighted by Gasteiger charge is -2.31. The summed E-state index contributed by atoms with van der Waals surface area (Å²) in [6.45, 7) is 5.25. The molecule has 1 aromatic heterocycles. The first-order valence-corrected chi connectivity index (χ1v) is 12.4. The molecule has 2 aliphatic heterocycles. The molecule has 3 N–H and O–H groups in total. The normalized spacial score (nSPS) is 20.9. The van der Waals surface area contributed by atoms with Gasteiger partial charge in [-0.05, 0) is 35.6 Å². The molecule has 0 aliphatic carbocycles. The van der Waals surface area contributed by atoms with E-state index in [-0.39, 0.29) is 25.3 Å². The number of anilines is 2. The van der Waals surface area contributed by atoms with Crippen LogP contribution >= 0.6 is 0 Å². The van der Waals surface area contributed by atoms with E-state index in [4.69, 9.17) is 0 Å². The number of para-hydroxylation sites is 1. The molecule has 1 spiro atoms. The van der Waals surface area contributed by atoms with Crippen LogP contribution in [0.3, 0.4) is 0 Å². The summed E-state index contributed by atoms with van der Waals surface area (Å²) >= 11 is 0. The van der Waals surface area contributed by atoms with Crippen molar-refractivity contribution >= 4 is 35.0 Å². The molecule has 0 radical (unpaired) electrons. The fourth-order valence-electron chi connectivity index (χ4n) is 5.13. The van der Waals surface area contributed by atoms with E-state index >= 15 is 0 Å². The first-order chi connectivity index (χ1) is 18.7. The molecule has 4 rings (SSSR count). The van der Waals surface area contributed by atoms with Crippen LogP contribution in [0.2, 0.25) is 0 Å². The summed E-state index contributed by atoms with van der Waals surface area (Å²) in [7, 11) is 0. The molecule has 2 aliphatic rings. The number of alkyl halides is 3. The van der Waals surface area contributed by atoms with Gasteiger partial charge in [-0.15, -0.1) is 0 Å². The van der Waals surface area contributed by atoms with Crippen LogP contribution in [0.15, 0.2) is 42.6 Å². The van der Waals surface area contributed by atoms with Crippen molar-refractivity contribution < 1.29 is 32.3 Å². The first-order valence-electron chi connectivity index (χ1n) is 12.4. The largest absolute Gasteiger partial charge is 0.435 e. The van der Waals surface area contributed by atoms with E-state index in [2.05, 4.69) is 21.7 Å². The van der Waals surface area contributed by atoms with Crippen LogP contribution in [-0.4, -0.2) is 52.1 Å². The van der Waals surface area contributed by atoms with Crippen LogP contribution < -0.4 is 16.0 Å². The number of carbonyl (C=O) groups excluding carboxylic acids is 4. The standard InChI is InChI=1S/C27H27F3N6O4/c1-25(2,3)12-19(34-22(38)21(37)33-18-9-6-10-32-20(18)27(28,29)30)23(39)36-14-26(11-15(36)13-31)16-7-4-5-8-17(16)35-24(26)40/h4-10,15,19H,11-12,14H2,1-3H3,(H,33,37)(H,34,38)(H,35,40)/t15-,19-,26-/m0/s1. The summed E-state index contributed by atoms with van der Waals surface area (Å²) in [5, 5.41) is 16.9. The Morgan fingerprint density at radius 1 is 1.18 bits per heavy atom. The fourth-order valence-corrected chi connectivity index (χ4v) is 5.13. The average molecular weight is 557 g/mol. The van der Waals surface area contributed by atoms with Crippen LogP contribution in [0.1, 0.15) is 44.9 Å². The molecule has 10 nitrogen and oxygen atoms in total. The smallest absolute Gasteiger partial charge is 0.336 e. The number of likely N-dealkylation sites (tertiary alicyclic amines) is 1. The van der Waals surface area contributed by atoms with Crippen molar-refractivity contribution in [3.8, 4) is 6.07 Å². The molecule has 2 aromatic rings. The van der Waals surface area contributed by atoms with Gasteiger partial charge in [0, 0.05) is 24.8 Å². The van der Waals surface area contributed by atoms with E-state index in [0.29, 0.717) is 11.3 Å². The van der Waals surface area contributed by atoms with E-state index in [0.717, 1.165) is 18.3 Å². The predicted octanol–water partition coefficient (Wildman–Crippen LogP) is 2.97. The molecule has 0 unspecified atom stereocenters. The molecule has 0 saturated carbocycles. The van der Waals surface area contributed by atoms with Gasteiger partial charge < -0.3 is 20.9 Å². The zero-order valence-electron chi connectivity index (χ0n) is 21.9. The topological polar surface area (TPSA) is 144 Å². The first kappa shape index (κ1) is 28.5. The van der Waals surface area contributed by atoms with Crippen molar-refractivity contribution in [1.82, 2.24) is 15.2 Å². The summed E-state index contributed by atoms with van der Waals surface area (Å²) in [6, 6.07) is 8.85. The number of carbonyl (C=O) groups is 4. The molecule has 3 atom stereocenters. The minimum atomic E-state index is -4.88. The molecular formula is C27H27F3N6O4. The molecular weight excluding hydrogens is 529 g/mol. The number of nitriles is 1. The molecule has 210 valence electrons. The number of benzene rings is 1. The van der Waals surface area contributed by atoms with Crippen molar-refractivity contribution in [2.24, 2.45) is 5.41 Å². The van der Waals surface area contributed by atoms with Gasteiger partial charge in [0.1, 0.15) is 12.1 Å². The van der Waals surface area contributed by atoms with E-state index in [1.165, 1.54) is 4.90 Å². The minimum absolute atomic E-state index is 0.0377. The Bertz CT molecular complexity index is 1410. The van der Waals surface area contributed by atoms with Crippen molar-refractivity contribution in [2.45, 2.75) is 57.3 Å². The molecule has 1 fully saturated rings. The number of pyridine rings is 1. The average Bonchev–Trinajstić information content (AvgIpc) is 3.40. The van der Waals surface area contributed by atoms with Crippen molar-refractivity contribution in [1.29, 1.82) is 5.26 Å². The van der Waals surface area contributed by atoms with Crippen LogP contribution in [0.25, 0.3) is 0 Å². The Morgan fingerprint density at radius 3 is 2.52 bits per heavy atom. The van der Waals surface area contributed by atoms with Crippen LogP contribution in [0.5, 0.6) is 0 Å². The predicted molar refractivity (Wildman–Crippen MR) is 136 cm³/mol. The summed E-state index contributed by atoms with van der Waals surface area (Å²) in [5.41, 5.74) is -2.56. The quantitative estimate of drug-likeness (QED) is 0.494. The van der Waals surface area contributed by atoms with E-state index in [1.807, 2.05) is 5.32 Å². The van der Waals surface area contributed by atoms with E-state index < -0.39 is 58.2 Å². The second-order valence-corrected chi connectivity index (χ2v) is 11.0. The Morgan fingerprint density at radius 2 is 1.88 bits per heavy atom. The highest BCUT2D eigenvalue weighted by molar-refractivity contribution is 6.40. The van der Waals surface area contributed by atoms with Gasteiger partial charge in [-0.1, -0.05) is 39.0 Å². The van der Waals surface area contributed by atoms with Crippen molar-refractivity contribution in [2.75, 3.05) is 17.2 Å². The van der Waals surface area contributed by atoms with Gasteiger partial charge in [-0.2, -0.15) is 18.4 Å². The molecule has 3 heterocycles. The molecule has 0 bridgehead atoms. The second-order valence-electron chi connectivity index (χ2n) is 11.0. The highest BCUT2D eigenvalue weighted by Gasteiger charge is 2.56. The summed E-state index contributed by atoms with van der Waals surface area (Å²) < 4.78 is 39.8. The molecule has 4 amide bonds. The molecule has 1 aromatic carbocycles. The zero-order valence-corrected chi connectivity index (χ0v) is 21.9. The third-order valence-electron chi connectivity index (χ3n) is 6.87. The van der Waals surface area contributed by atoms with E-state index in [1.54, 1.807) is 45.0 Å². The Labute approximate surface area is 227 Å². The maximum atomic E-state index is 13.8. The van der Waals surface area contributed by atoms with Gasteiger partial charge in [0.05, 0.1) is 17.2 Å². The zero-order chi connectivity index (χ0) is 29.5. The lowest BCUT2D eigenvalue weighted by Crippen LogP contribution is -2.53. The lowest BCUT2D eigenvalue weighted by atomic mass is 9.80. The SMILES string of the molecule is CC(C)(C)C[C@H](NC(=O)C(=O)Nc1cccnc1C(F)(F)F)C(=O)N1C[C@]2(C[C@H]1C#N)C(=O)Nc1ccccc12. The molecule has 1 saturated heterocycles. The third-order valence-corrected chi connectivity index (χ3v) is 6.87. The van der Waals surface area contributed by atoms with Gasteiger partial charge in [0.15, 0.2) is 5.69 Å². The number of amides is 4. The monoisotopic (exact) mass is 556 g/mol. The van der Waals surface area contributed by atoms with E-state index in [9.17, 15) is 37.6 Å². The second kappa shape index (κ2) is 10.3. The maximum Gasteiger partial charge on any atom is 0.435 e.